The lowest BCUT2D eigenvalue weighted by atomic mass is 10.2. The van der Waals surface area contributed by atoms with Gasteiger partial charge in [-0.15, -0.1) is 0 Å². The number of halogens is 3. The average molecular weight is 375 g/mol. The van der Waals surface area contributed by atoms with Crippen LogP contribution in [0.1, 0.15) is 5.56 Å². The van der Waals surface area contributed by atoms with Crippen molar-refractivity contribution in [2.45, 2.75) is 6.54 Å². The summed E-state index contributed by atoms with van der Waals surface area (Å²) < 4.78 is 20.2. The predicted molar refractivity (Wildman–Crippen MR) is 76.2 cm³/mol. The molecule has 0 aliphatic rings. The van der Waals surface area contributed by atoms with E-state index in [4.69, 9.17) is 10.5 Å². The zero-order valence-corrected chi connectivity index (χ0v) is 12.5. The zero-order chi connectivity index (χ0) is 13.1. The molecule has 0 unspecified atom stereocenters. The molecule has 2 rings (SSSR count). The minimum Gasteiger partial charge on any atom is -0.456 e. The maximum Gasteiger partial charge on any atom is 0.141 e. The Labute approximate surface area is 121 Å². The molecule has 5 heteroatoms. The highest BCUT2D eigenvalue weighted by Gasteiger charge is 2.08. The van der Waals surface area contributed by atoms with Gasteiger partial charge in [-0.25, -0.2) is 4.39 Å². The van der Waals surface area contributed by atoms with E-state index in [2.05, 4.69) is 31.9 Å². The van der Waals surface area contributed by atoms with Crippen LogP contribution in [0.25, 0.3) is 0 Å². The molecule has 0 fully saturated rings. The highest BCUT2D eigenvalue weighted by Crippen LogP contribution is 2.33. The predicted octanol–water partition coefficient (Wildman–Crippen LogP) is 4.60. The van der Waals surface area contributed by atoms with Crippen LogP contribution < -0.4 is 10.5 Å². The van der Waals surface area contributed by atoms with Crippen molar-refractivity contribution in [1.82, 2.24) is 0 Å². The Balaban J connectivity index is 2.36. The number of hydrogen-bond donors (Lipinski definition) is 1. The van der Waals surface area contributed by atoms with Crippen LogP contribution in [-0.4, -0.2) is 0 Å². The average Bonchev–Trinajstić information content (AvgIpc) is 2.33. The van der Waals surface area contributed by atoms with Gasteiger partial charge in [-0.05, 0) is 46.3 Å². The minimum absolute atomic E-state index is 0.317. The summed E-state index contributed by atoms with van der Waals surface area (Å²) in [6, 6.07) is 9.89. The van der Waals surface area contributed by atoms with Crippen molar-refractivity contribution in [2.24, 2.45) is 5.73 Å². The molecule has 0 aliphatic heterocycles. The summed E-state index contributed by atoms with van der Waals surface area (Å²) in [7, 11) is 0. The molecular formula is C13H10Br2FNO. The molecule has 2 aromatic carbocycles. The molecule has 0 amide bonds. The van der Waals surface area contributed by atoms with E-state index < -0.39 is 0 Å². The Bertz CT molecular complexity index is 575. The highest BCUT2D eigenvalue weighted by atomic mass is 79.9. The van der Waals surface area contributed by atoms with Crippen LogP contribution in [0.15, 0.2) is 45.3 Å². The third kappa shape index (κ3) is 3.10. The molecule has 2 aromatic rings. The second-order valence-corrected chi connectivity index (χ2v) is 5.40. The van der Waals surface area contributed by atoms with Gasteiger partial charge in [0, 0.05) is 16.6 Å². The molecule has 0 heterocycles. The Morgan fingerprint density at radius 2 is 1.83 bits per heavy atom. The summed E-state index contributed by atoms with van der Waals surface area (Å²) in [5.74, 6) is 0.880. The Morgan fingerprint density at radius 1 is 1.06 bits per heavy atom. The van der Waals surface area contributed by atoms with E-state index in [1.54, 1.807) is 6.07 Å². The van der Waals surface area contributed by atoms with Crippen LogP contribution in [0, 0.1) is 5.82 Å². The van der Waals surface area contributed by atoms with Gasteiger partial charge >= 0.3 is 0 Å². The molecule has 0 atom stereocenters. The number of ether oxygens (including phenoxy) is 1. The Morgan fingerprint density at radius 3 is 2.50 bits per heavy atom. The van der Waals surface area contributed by atoms with E-state index >= 15 is 0 Å². The van der Waals surface area contributed by atoms with Gasteiger partial charge in [-0.2, -0.15) is 0 Å². The van der Waals surface area contributed by atoms with E-state index in [0.717, 1.165) is 10.0 Å². The topological polar surface area (TPSA) is 35.2 Å². The van der Waals surface area contributed by atoms with Crippen LogP contribution in [0.2, 0.25) is 0 Å². The van der Waals surface area contributed by atoms with Gasteiger partial charge in [0.15, 0.2) is 0 Å². The molecular weight excluding hydrogens is 365 g/mol. The van der Waals surface area contributed by atoms with Gasteiger partial charge in [0.25, 0.3) is 0 Å². The molecule has 0 aromatic heterocycles. The van der Waals surface area contributed by atoms with E-state index in [1.165, 1.54) is 12.1 Å². The van der Waals surface area contributed by atoms with Gasteiger partial charge in [-0.3, -0.25) is 0 Å². The largest absolute Gasteiger partial charge is 0.456 e. The van der Waals surface area contributed by atoms with E-state index in [9.17, 15) is 4.39 Å². The van der Waals surface area contributed by atoms with Crippen molar-refractivity contribution in [3.8, 4) is 11.5 Å². The van der Waals surface area contributed by atoms with Crippen LogP contribution >= 0.6 is 31.9 Å². The Kier molecular flexibility index (Phi) is 4.37. The second-order valence-electron chi connectivity index (χ2n) is 3.63. The monoisotopic (exact) mass is 373 g/mol. The fraction of sp³-hybridized carbons (Fsp3) is 0.0769. The molecule has 0 aliphatic carbocycles. The van der Waals surface area contributed by atoms with Crippen molar-refractivity contribution in [3.63, 3.8) is 0 Å². The van der Waals surface area contributed by atoms with Crippen LogP contribution in [0.4, 0.5) is 4.39 Å². The van der Waals surface area contributed by atoms with E-state index in [-0.39, 0.29) is 5.82 Å². The van der Waals surface area contributed by atoms with Gasteiger partial charge < -0.3 is 10.5 Å². The summed E-state index contributed by atoms with van der Waals surface area (Å²) in [5, 5.41) is 0. The highest BCUT2D eigenvalue weighted by molar-refractivity contribution is 9.10. The van der Waals surface area contributed by atoms with Crippen molar-refractivity contribution < 1.29 is 9.13 Å². The zero-order valence-electron chi connectivity index (χ0n) is 9.29. The smallest absolute Gasteiger partial charge is 0.141 e. The molecule has 94 valence electrons. The fourth-order valence-electron chi connectivity index (χ4n) is 1.47. The first-order chi connectivity index (χ1) is 8.60. The van der Waals surface area contributed by atoms with Crippen LogP contribution in [-0.2, 0) is 6.54 Å². The van der Waals surface area contributed by atoms with Gasteiger partial charge in [0.2, 0.25) is 0 Å². The van der Waals surface area contributed by atoms with Crippen LogP contribution in [0.5, 0.6) is 11.5 Å². The van der Waals surface area contributed by atoms with Gasteiger partial charge in [0.1, 0.15) is 17.3 Å². The van der Waals surface area contributed by atoms with Crippen LogP contribution in [0.3, 0.4) is 0 Å². The quantitative estimate of drug-likeness (QED) is 0.851. The lowest BCUT2D eigenvalue weighted by Crippen LogP contribution is -1.99. The van der Waals surface area contributed by atoms with Crippen molar-refractivity contribution in [3.05, 3.63) is 56.7 Å². The summed E-state index contributed by atoms with van der Waals surface area (Å²) in [5.41, 5.74) is 6.53. The Hall–Kier alpha value is -0.910. The van der Waals surface area contributed by atoms with Crippen molar-refractivity contribution >= 4 is 31.9 Å². The summed E-state index contributed by atoms with van der Waals surface area (Å²) in [4.78, 5) is 0. The number of nitrogens with two attached hydrogens (primary N) is 1. The summed E-state index contributed by atoms with van der Waals surface area (Å²) in [6.45, 7) is 0.376. The molecule has 2 nitrogen and oxygen atoms in total. The van der Waals surface area contributed by atoms with E-state index in [1.807, 2.05) is 18.2 Å². The summed E-state index contributed by atoms with van der Waals surface area (Å²) in [6.07, 6.45) is 0. The molecule has 0 spiro atoms. The molecule has 18 heavy (non-hydrogen) atoms. The number of rotatable bonds is 3. The standard InChI is InChI=1S/C13H10Br2FNO/c14-9-2-1-8(7-17)13(5-9)18-12-4-3-10(16)6-11(12)15/h1-6H,7,17H2. The first kappa shape index (κ1) is 13.5. The molecule has 0 radical (unpaired) electrons. The van der Waals surface area contributed by atoms with Crippen molar-refractivity contribution in [1.29, 1.82) is 0 Å². The van der Waals surface area contributed by atoms with Crippen molar-refractivity contribution in [2.75, 3.05) is 0 Å². The third-order valence-electron chi connectivity index (χ3n) is 2.36. The van der Waals surface area contributed by atoms with Gasteiger partial charge in [0.05, 0.1) is 4.47 Å². The first-order valence-corrected chi connectivity index (χ1v) is 6.80. The summed E-state index contributed by atoms with van der Waals surface area (Å²) >= 11 is 6.64. The van der Waals surface area contributed by atoms with E-state index in [0.29, 0.717) is 22.5 Å². The molecule has 0 saturated heterocycles. The molecule has 2 N–H and O–H groups in total. The lowest BCUT2D eigenvalue weighted by Gasteiger charge is -2.11. The maximum absolute atomic E-state index is 13.0. The lowest BCUT2D eigenvalue weighted by molar-refractivity contribution is 0.471. The fourth-order valence-corrected chi connectivity index (χ4v) is 2.24. The SMILES string of the molecule is NCc1ccc(Br)cc1Oc1ccc(F)cc1Br. The van der Waals surface area contributed by atoms with Gasteiger partial charge in [-0.1, -0.05) is 22.0 Å². The maximum atomic E-state index is 13.0. The second kappa shape index (κ2) is 5.82. The molecule has 0 bridgehead atoms. The first-order valence-electron chi connectivity index (χ1n) is 5.21. The third-order valence-corrected chi connectivity index (χ3v) is 3.48. The molecule has 0 saturated carbocycles. The normalized spacial score (nSPS) is 10.4. The number of benzene rings is 2. The number of hydrogen-bond acceptors (Lipinski definition) is 2. The minimum atomic E-state index is -0.317.